The monoisotopic (exact) mass is 390 g/mol. The smallest absolute Gasteiger partial charge is 0.309 e. The zero-order valence-corrected chi connectivity index (χ0v) is 15.7. The number of aromatic amines is 1. The summed E-state index contributed by atoms with van der Waals surface area (Å²) in [5.74, 6) is 0.304. The normalized spacial score (nSPS) is 26.4. The second kappa shape index (κ2) is 6.19. The van der Waals surface area contributed by atoms with Crippen LogP contribution < -0.4 is 0 Å². The van der Waals surface area contributed by atoms with Crippen LogP contribution in [0, 0.1) is 5.92 Å². The average molecular weight is 391 g/mol. The third-order valence-corrected chi connectivity index (χ3v) is 6.37. The van der Waals surface area contributed by atoms with Crippen LogP contribution in [0.25, 0.3) is 10.9 Å². The first-order valence-corrected chi connectivity index (χ1v) is 9.54. The molecule has 0 saturated carbocycles. The van der Waals surface area contributed by atoms with Crippen molar-refractivity contribution in [2.24, 2.45) is 5.92 Å². The van der Waals surface area contributed by atoms with Gasteiger partial charge in [0.05, 0.1) is 17.6 Å². The Hall–Kier alpha value is -1.33. The van der Waals surface area contributed by atoms with E-state index in [0.717, 1.165) is 37.0 Å². The SMILES string of the molecule is CCCN1C[C@H](C(=O)OC)CC2c3cccc4[nH]c(Br)c(c34)C[C@H]21. The van der Waals surface area contributed by atoms with Gasteiger partial charge in [-0.15, -0.1) is 0 Å². The maximum absolute atomic E-state index is 12.2. The van der Waals surface area contributed by atoms with Crippen LogP contribution in [-0.2, 0) is 16.0 Å². The number of benzene rings is 1. The van der Waals surface area contributed by atoms with Crippen molar-refractivity contribution in [2.45, 2.75) is 38.1 Å². The predicted molar refractivity (Wildman–Crippen MR) is 98.2 cm³/mol. The number of rotatable bonds is 3. The molecule has 3 atom stereocenters. The van der Waals surface area contributed by atoms with E-state index in [9.17, 15) is 4.79 Å². The fraction of sp³-hybridized carbons (Fsp3) is 0.526. The highest BCUT2D eigenvalue weighted by Gasteiger charge is 2.43. The van der Waals surface area contributed by atoms with Gasteiger partial charge in [-0.2, -0.15) is 0 Å². The van der Waals surface area contributed by atoms with Gasteiger partial charge in [0, 0.05) is 29.4 Å². The number of esters is 1. The predicted octanol–water partition coefficient (Wildman–Crippen LogP) is 3.84. The average Bonchev–Trinajstić information content (AvgIpc) is 2.92. The number of ether oxygens (including phenoxy) is 1. The standard InChI is InChI=1S/C19H23BrN2O2/c1-3-7-22-10-11(19(23)24-2)8-13-12-5-4-6-15-17(12)14(9-16(13)22)18(20)21-15/h4-6,11,13,16,21H,3,7-10H2,1-2H3/t11-,13?,16-/m1/s1. The van der Waals surface area contributed by atoms with E-state index < -0.39 is 0 Å². The van der Waals surface area contributed by atoms with Crippen molar-refractivity contribution in [3.8, 4) is 0 Å². The topological polar surface area (TPSA) is 45.3 Å². The Bertz CT molecular complexity index is 785. The number of fused-ring (bicyclic) bond motifs is 2. The van der Waals surface area contributed by atoms with E-state index in [1.807, 2.05) is 0 Å². The lowest BCUT2D eigenvalue weighted by molar-refractivity contribution is -0.148. The van der Waals surface area contributed by atoms with Crippen molar-refractivity contribution >= 4 is 32.8 Å². The van der Waals surface area contributed by atoms with Gasteiger partial charge in [-0.1, -0.05) is 19.1 Å². The molecule has 2 heterocycles. The van der Waals surface area contributed by atoms with Crippen LogP contribution in [-0.4, -0.2) is 42.1 Å². The van der Waals surface area contributed by atoms with Gasteiger partial charge in [-0.25, -0.2) is 0 Å². The van der Waals surface area contributed by atoms with Crippen molar-refractivity contribution < 1.29 is 9.53 Å². The number of likely N-dealkylation sites (tertiary alicyclic amines) is 1. The summed E-state index contributed by atoms with van der Waals surface area (Å²) >= 11 is 3.71. The zero-order valence-electron chi connectivity index (χ0n) is 14.1. The highest BCUT2D eigenvalue weighted by Crippen LogP contribution is 2.46. The molecule has 1 aromatic carbocycles. The summed E-state index contributed by atoms with van der Waals surface area (Å²) < 4.78 is 6.17. The van der Waals surface area contributed by atoms with Gasteiger partial charge in [-0.05, 0) is 58.9 Å². The van der Waals surface area contributed by atoms with Crippen LogP contribution in [0.2, 0.25) is 0 Å². The molecule has 1 unspecified atom stereocenters. The molecule has 4 nitrogen and oxygen atoms in total. The number of methoxy groups -OCH3 is 1. The first-order chi connectivity index (χ1) is 11.6. The Balaban J connectivity index is 1.80. The molecule has 2 aliphatic rings. The number of H-pyrrole nitrogens is 1. The molecule has 1 aliphatic carbocycles. The summed E-state index contributed by atoms with van der Waals surface area (Å²) in [5.41, 5.74) is 3.96. The third kappa shape index (κ3) is 2.40. The zero-order chi connectivity index (χ0) is 16.8. The number of aromatic nitrogens is 1. The van der Waals surface area contributed by atoms with Crippen molar-refractivity contribution in [2.75, 3.05) is 20.2 Å². The Morgan fingerprint density at radius 1 is 1.46 bits per heavy atom. The van der Waals surface area contributed by atoms with Crippen molar-refractivity contribution in [3.05, 3.63) is 33.9 Å². The molecule has 24 heavy (non-hydrogen) atoms. The molecule has 1 aliphatic heterocycles. The van der Waals surface area contributed by atoms with Gasteiger partial charge in [0.25, 0.3) is 0 Å². The van der Waals surface area contributed by atoms with Crippen LogP contribution in [0.5, 0.6) is 0 Å². The first kappa shape index (κ1) is 16.2. The molecule has 2 aromatic rings. The number of nitrogens with one attached hydrogen (secondary N) is 1. The molecule has 1 N–H and O–H groups in total. The first-order valence-electron chi connectivity index (χ1n) is 8.74. The number of piperidine rings is 1. The fourth-order valence-electron chi connectivity index (χ4n) is 4.72. The molecule has 4 rings (SSSR count). The van der Waals surface area contributed by atoms with E-state index in [2.05, 4.69) is 50.9 Å². The number of hydrogen-bond acceptors (Lipinski definition) is 3. The summed E-state index contributed by atoms with van der Waals surface area (Å²) in [5, 5.41) is 1.35. The molecule has 1 fully saturated rings. The van der Waals surface area contributed by atoms with Gasteiger partial charge in [0.15, 0.2) is 0 Å². The largest absolute Gasteiger partial charge is 0.469 e. The highest BCUT2D eigenvalue weighted by atomic mass is 79.9. The van der Waals surface area contributed by atoms with Crippen molar-refractivity contribution in [1.29, 1.82) is 0 Å². The third-order valence-electron chi connectivity index (χ3n) is 5.69. The highest BCUT2D eigenvalue weighted by molar-refractivity contribution is 9.10. The molecule has 1 aromatic heterocycles. The van der Waals surface area contributed by atoms with E-state index in [1.54, 1.807) is 0 Å². The number of halogens is 1. The molecular formula is C19H23BrN2O2. The van der Waals surface area contributed by atoms with Crippen LogP contribution in [0.15, 0.2) is 22.8 Å². The molecule has 128 valence electrons. The van der Waals surface area contributed by atoms with Gasteiger partial charge in [0.2, 0.25) is 0 Å². The second-order valence-corrected chi connectivity index (χ2v) is 7.81. The molecule has 0 amide bonds. The van der Waals surface area contributed by atoms with Gasteiger partial charge < -0.3 is 9.72 Å². The van der Waals surface area contributed by atoms with Gasteiger partial charge in [-0.3, -0.25) is 9.69 Å². The van der Waals surface area contributed by atoms with Crippen molar-refractivity contribution in [1.82, 2.24) is 9.88 Å². The van der Waals surface area contributed by atoms with Crippen LogP contribution in [0.1, 0.15) is 36.8 Å². The van der Waals surface area contributed by atoms with E-state index in [0.29, 0.717) is 12.0 Å². The molecule has 0 bridgehead atoms. The maximum atomic E-state index is 12.2. The second-order valence-electron chi connectivity index (χ2n) is 7.02. The van der Waals surface area contributed by atoms with Crippen LogP contribution in [0.3, 0.4) is 0 Å². The summed E-state index contributed by atoms with van der Waals surface area (Å²) in [6.45, 7) is 4.05. The molecular weight excluding hydrogens is 368 g/mol. The molecule has 0 radical (unpaired) electrons. The number of nitrogens with zero attached hydrogens (tertiary/aromatic N) is 1. The Morgan fingerprint density at radius 2 is 2.29 bits per heavy atom. The van der Waals surface area contributed by atoms with E-state index in [1.165, 1.54) is 29.1 Å². The van der Waals surface area contributed by atoms with E-state index >= 15 is 0 Å². The molecule has 5 heteroatoms. The van der Waals surface area contributed by atoms with Gasteiger partial charge in [0.1, 0.15) is 0 Å². The van der Waals surface area contributed by atoms with E-state index in [4.69, 9.17) is 4.74 Å². The van der Waals surface area contributed by atoms with E-state index in [-0.39, 0.29) is 11.9 Å². The molecule has 1 saturated heterocycles. The fourth-order valence-corrected chi connectivity index (χ4v) is 5.30. The molecule has 0 spiro atoms. The van der Waals surface area contributed by atoms with Gasteiger partial charge >= 0.3 is 5.97 Å². The lowest BCUT2D eigenvalue weighted by Gasteiger charge is -2.46. The summed E-state index contributed by atoms with van der Waals surface area (Å²) in [6, 6.07) is 6.97. The number of carbonyl (C=O) groups is 1. The quantitative estimate of drug-likeness (QED) is 0.809. The minimum absolute atomic E-state index is 0.0259. The Morgan fingerprint density at radius 3 is 3.04 bits per heavy atom. The van der Waals surface area contributed by atoms with Crippen LogP contribution in [0.4, 0.5) is 0 Å². The van der Waals surface area contributed by atoms with Crippen LogP contribution >= 0.6 is 15.9 Å². The Kier molecular flexibility index (Phi) is 4.17. The summed E-state index contributed by atoms with van der Waals surface area (Å²) in [4.78, 5) is 18.2. The summed E-state index contributed by atoms with van der Waals surface area (Å²) in [6.07, 6.45) is 3.03. The number of carbonyl (C=O) groups excluding carboxylic acids is 1. The maximum Gasteiger partial charge on any atom is 0.309 e. The lowest BCUT2D eigenvalue weighted by atomic mass is 9.72. The minimum atomic E-state index is -0.0669. The Labute approximate surface area is 150 Å². The lowest BCUT2D eigenvalue weighted by Crippen LogP contribution is -2.51. The summed E-state index contributed by atoms with van der Waals surface area (Å²) in [7, 11) is 1.50. The van der Waals surface area contributed by atoms with Crippen molar-refractivity contribution in [3.63, 3.8) is 0 Å². The minimum Gasteiger partial charge on any atom is -0.469 e. The number of hydrogen-bond donors (Lipinski definition) is 1.